The number of halogens is 1. The molecule has 0 unspecified atom stereocenters. The number of amides is 1. The fourth-order valence-corrected chi connectivity index (χ4v) is 3.85. The summed E-state index contributed by atoms with van der Waals surface area (Å²) < 4.78 is 5.17. The molecular formula is C23H19ClN4O2S. The second-order valence-electron chi connectivity index (χ2n) is 6.59. The Morgan fingerprint density at radius 3 is 2.55 bits per heavy atom. The third-order valence-corrected chi connectivity index (χ3v) is 5.81. The molecule has 0 fully saturated rings. The molecule has 8 heteroatoms. The molecule has 0 aliphatic rings. The van der Waals surface area contributed by atoms with Gasteiger partial charge in [-0.25, -0.2) is 9.97 Å². The molecule has 0 spiro atoms. The molecule has 156 valence electrons. The average Bonchev–Trinajstić information content (AvgIpc) is 3.30. The number of carbonyl (C=O) groups is 1. The van der Waals surface area contributed by atoms with Gasteiger partial charge in [-0.3, -0.25) is 4.79 Å². The second kappa shape index (κ2) is 9.59. The maximum absolute atomic E-state index is 12.5. The fraction of sp³-hybridized carbons (Fsp3) is 0.0870. The standard InChI is InChI=1S/C23H19ClN4O2S/c1-30-18-8-6-17(7-9-18)27-23-25-13-12-19(28-23)20-10-11-21(31-20)22(29)26-14-15-2-4-16(24)5-3-15/h2-13H,14H2,1H3,(H,26,29)(H,25,27,28). The minimum absolute atomic E-state index is 0.128. The molecule has 0 aliphatic carbocycles. The zero-order valence-electron chi connectivity index (χ0n) is 16.6. The van der Waals surface area contributed by atoms with Crippen LogP contribution in [0.5, 0.6) is 5.75 Å². The van der Waals surface area contributed by atoms with Crippen molar-refractivity contribution in [3.63, 3.8) is 0 Å². The first-order valence-electron chi connectivity index (χ1n) is 9.48. The van der Waals surface area contributed by atoms with Crippen LogP contribution in [0.1, 0.15) is 15.2 Å². The van der Waals surface area contributed by atoms with Crippen molar-refractivity contribution in [3.8, 4) is 16.3 Å². The molecule has 4 aromatic rings. The van der Waals surface area contributed by atoms with E-state index in [1.165, 1.54) is 11.3 Å². The van der Waals surface area contributed by atoms with Crippen LogP contribution in [0, 0.1) is 0 Å². The molecule has 0 radical (unpaired) electrons. The van der Waals surface area contributed by atoms with Crippen LogP contribution in [0.15, 0.2) is 72.9 Å². The predicted octanol–water partition coefficient (Wildman–Crippen LogP) is 5.54. The van der Waals surface area contributed by atoms with Crippen LogP contribution in [0.3, 0.4) is 0 Å². The molecule has 31 heavy (non-hydrogen) atoms. The van der Waals surface area contributed by atoms with Crippen LogP contribution in [0.2, 0.25) is 5.02 Å². The normalized spacial score (nSPS) is 10.5. The Morgan fingerprint density at radius 2 is 1.81 bits per heavy atom. The van der Waals surface area contributed by atoms with E-state index in [-0.39, 0.29) is 5.91 Å². The lowest BCUT2D eigenvalue weighted by Gasteiger charge is -2.07. The SMILES string of the molecule is COc1ccc(Nc2nccc(-c3ccc(C(=O)NCc4ccc(Cl)cc4)s3)n2)cc1. The van der Waals surface area contributed by atoms with Gasteiger partial charge in [0.1, 0.15) is 5.75 Å². The molecule has 0 atom stereocenters. The van der Waals surface area contributed by atoms with Crippen LogP contribution >= 0.6 is 22.9 Å². The Morgan fingerprint density at radius 1 is 1.03 bits per heavy atom. The summed E-state index contributed by atoms with van der Waals surface area (Å²) >= 11 is 7.28. The van der Waals surface area contributed by atoms with E-state index in [1.54, 1.807) is 31.5 Å². The summed E-state index contributed by atoms with van der Waals surface area (Å²) in [7, 11) is 1.63. The molecule has 2 aromatic carbocycles. The number of nitrogens with zero attached hydrogens (tertiary/aromatic N) is 2. The fourth-order valence-electron chi connectivity index (χ4n) is 2.83. The van der Waals surface area contributed by atoms with Crippen molar-refractivity contribution in [2.45, 2.75) is 6.54 Å². The number of hydrogen-bond acceptors (Lipinski definition) is 6. The molecular weight excluding hydrogens is 432 g/mol. The zero-order chi connectivity index (χ0) is 21.6. The summed E-state index contributed by atoms with van der Waals surface area (Å²) in [6.45, 7) is 0.437. The van der Waals surface area contributed by atoms with Crippen LogP contribution in [-0.2, 0) is 6.54 Å². The van der Waals surface area contributed by atoms with Gasteiger partial charge < -0.3 is 15.4 Å². The van der Waals surface area contributed by atoms with Crippen LogP contribution in [-0.4, -0.2) is 23.0 Å². The van der Waals surface area contributed by atoms with E-state index in [9.17, 15) is 4.79 Å². The van der Waals surface area contributed by atoms with Gasteiger partial charge in [0.05, 0.1) is 22.6 Å². The first kappa shape index (κ1) is 20.8. The number of aromatic nitrogens is 2. The number of methoxy groups -OCH3 is 1. The van der Waals surface area contributed by atoms with Crippen molar-refractivity contribution >= 4 is 40.5 Å². The first-order valence-corrected chi connectivity index (χ1v) is 10.7. The van der Waals surface area contributed by atoms with Crippen molar-refractivity contribution in [1.82, 2.24) is 15.3 Å². The molecule has 0 bridgehead atoms. The number of hydrogen-bond donors (Lipinski definition) is 2. The summed E-state index contributed by atoms with van der Waals surface area (Å²) in [5.41, 5.74) is 2.58. The highest BCUT2D eigenvalue weighted by Gasteiger charge is 2.12. The minimum Gasteiger partial charge on any atom is -0.497 e. The van der Waals surface area contributed by atoms with E-state index >= 15 is 0 Å². The highest BCUT2D eigenvalue weighted by atomic mass is 35.5. The molecule has 2 N–H and O–H groups in total. The van der Waals surface area contributed by atoms with Crippen LogP contribution in [0.4, 0.5) is 11.6 Å². The number of carbonyl (C=O) groups excluding carboxylic acids is 1. The van der Waals surface area contributed by atoms with Crippen molar-refractivity contribution in [3.05, 3.63) is 88.4 Å². The van der Waals surface area contributed by atoms with Gasteiger partial charge in [0, 0.05) is 23.5 Å². The Hall–Kier alpha value is -3.42. The van der Waals surface area contributed by atoms with Crippen molar-refractivity contribution in [2.24, 2.45) is 0 Å². The van der Waals surface area contributed by atoms with Gasteiger partial charge in [0.2, 0.25) is 5.95 Å². The lowest BCUT2D eigenvalue weighted by atomic mass is 10.2. The van der Waals surface area contributed by atoms with Gasteiger partial charge in [-0.1, -0.05) is 23.7 Å². The topological polar surface area (TPSA) is 76.1 Å². The van der Waals surface area contributed by atoms with Crippen molar-refractivity contribution in [2.75, 3.05) is 12.4 Å². The summed E-state index contributed by atoms with van der Waals surface area (Å²) in [6, 6.07) is 20.4. The molecule has 6 nitrogen and oxygen atoms in total. The van der Waals surface area contributed by atoms with Crippen LogP contribution < -0.4 is 15.4 Å². The Balaban J connectivity index is 1.42. The third kappa shape index (κ3) is 5.39. The Labute approximate surface area is 188 Å². The lowest BCUT2D eigenvalue weighted by molar-refractivity contribution is 0.0955. The molecule has 0 aliphatic heterocycles. The number of anilines is 2. The second-order valence-corrected chi connectivity index (χ2v) is 8.11. The maximum atomic E-state index is 12.5. The molecule has 2 heterocycles. The highest BCUT2D eigenvalue weighted by Crippen LogP contribution is 2.28. The molecule has 4 rings (SSSR count). The minimum atomic E-state index is -0.128. The Bertz CT molecular complexity index is 1180. The summed E-state index contributed by atoms with van der Waals surface area (Å²) in [6.07, 6.45) is 1.69. The summed E-state index contributed by atoms with van der Waals surface area (Å²) in [4.78, 5) is 22.9. The third-order valence-electron chi connectivity index (χ3n) is 4.45. The molecule has 1 amide bonds. The van der Waals surface area contributed by atoms with Gasteiger partial charge in [-0.15, -0.1) is 11.3 Å². The van der Waals surface area contributed by atoms with E-state index in [4.69, 9.17) is 16.3 Å². The van der Waals surface area contributed by atoms with E-state index in [0.717, 1.165) is 27.6 Å². The highest BCUT2D eigenvalue weighted by molar-refractivity contribution is 7.17. The molecule has 0 saturated carbocycles. The number of rotatable bonds is 7. The smallest absolute Gasteiger partial charge is 0.261 e. The van der Waals surface area contributed by atoms with Gasteiger partial charge >= 0.3 is 0 Å². The summed E-state index contributed by atoms with van der Waals surface area (Å²) in [5.74, 6) is 1.13. The van der Waals surface area contributed by atoms with Gasteiger partial charge in [-0.2, -0.15) is 0 Å². The van der Waals surface area contributed by atoms with Crippen molar-refractivity contribution in [1.29, 1.82) is 0 Å². The molecule has 0 saturated heterocycles. The van der Waals surface area contributed by atoms with E-state index in [2.05, 4.69) is 20.6 Å². The number of thiophene rings is 1. The van der Waals surface area contributed by atoms with E-state index in [1.807, 2.05) is 48.5 Å². The number of ether oxygens (including phenoxy) is 1. The van der Waals surface area contributed by atoms with E-state index in [0.29, 0.717) is 22.4 Å². The van der Waals surface area contributed by atoms with Gasteiger partial charge in [0.25, 0.3) is 5.91 Å². The zero-order valence-corrected chi connectivity index (χ0v) is 18.2. The lowest BCUT2D eigenvalue weighted by Crippen LogP contribution is -2.21. The Kier molecular flexibility index (Phi) is 6.45. The number of benzene rings is 2. The first-order chi connectivity index (χ1) is 15.1. The van der Waals surface area contributed by atoms with Gasteiger partial charge in [0.15, 0.2) is 0 Å². The van der Waals surface area contributed by atoms with E-state index < -0.39 is 0 Å². The molecule has 2 aromatic heterocycles. The maximum Gasteiger partial charge on any atom is 0.261 e. The van der Waals surface area contributed by atoms with Gasteiger partial charge in [-0.05, 0) is 60.2 Å². The summed E-state index contributed by atoms with van der Waals surface area (Å²) in [5, 5.41) is 6.77. The van der Waals surface area contributed by atoms with Crippen LogP contribution in [0.25, 0.3) is 10.6 Å². The van der Waals surface area contributed by atoms with Crippen molar-refractivity contribution < 1.29 is 9.53 Å². The predicted molar refractivity (Wildman–Crippen MR) is 124 cm³/mol. The average molecular weight is 451 g/mol. The quantitative estimate of drug-likeness (QED) is 0.386. The largest absolute Gasteiger partial charge is 0.497 e. The monoisotopic (exact) mass is 450 g/mol. The number of nitrogens with one attached hydrogen (secondary N) is 2.